The van der Waals surface area contributed by atoms with Crippen LogP contribution < -0.4 is 15.5 Å². The number of hydrogen-bond donors (Lipinski definition) is 2. The van der Waals surface area contributed by atoms with Gasteiger partial charge in [-0.1, -0.05) is 39.0 Å². The van der Waals surface area contributed by atoms with Crippen molar-refractivity contribution in [1.82, 2.24) is 15.6 Å². The summed E-state index contributed by atoms with van der Waals surface area (Å²) in [7, 11) is 0. The first-order chi connectivity index (χ1) is 17.5. The fraction of sp³-hybridized carbons (Fsp3) is 0.552. The van der Waals surface area contributed by atoms with Crippen LogP contribution in [-0.2, 0) is 24.5 Å². The van der Waals surface area contributed by atoms with Crippen molar-refractivity contribution >= 4 is 17.5 Å². The Morgan fingerprint density at radius 2 is 1.84 bits per heavy atom. The van der Waals surface area contributed by atoms with E-state index in [4.69, 9.17) is 9.47 Å². The highest BCUT2D eigenvalue weighted by Crippen LogP contribution is 2.32. The van der Waals surface area contributed by atoms with Crippen LogP contribution in [0.4, 0.5) is 5.69 Å². The quantitative estimate of drug-likeness (QED) is 0.620. The van der Waals surface area contributed by atoms with Gasteiger partial charge in [-0.2, -0.15) is 0 Å². The van der Waals surface area contributed by atoms with Crippen LogP contribution in [0.3, 0.4) is 0 Å². The molecule has 8 nitrogen and oxygen atoms in total. The fourth-order valence-electron chi connectivity index (χ4n) is 4.72. The van der Waals surface area contributed by atoms with Crippen LogP contribution in [0.2, 0.25) is 0 Å². The Bertz CT molecular complexity index is 1050. The molecule has 0 radical (unpaired) electrons. The van der Waals surface area contributed by atoms with Crippen molar-refractivity contribution in [2.24, 2.45) is 0 Å². The number of ether oxygens (including phenoxy) is 2. The second kappa shape index (κ2) is 11.3. The topological polar surface area (TPSA) is 92.8 Å². The van der Waals surface area contributed by atoms with Crippen molar-refractivity contribution in [2.45, 2.75) is 76.6 Å². The number of pyridine rings is 1. The SMILES string of the molecule is CC1(C)CNC(C(=O)N(c2ccc(C(C)(C)C)cc2)C(C(=O)NC2CCOCC2)c2cccnc2)CO1. The second-order valence-corrected chi connectivity index (χ2v) is 11.6. The monoisotopic (exact) mass is 508 g/mol. The van der Waals surface area contributed by atoms with Gasteiger partial charge in [0.1, 0.15) is 12.1 Å². The smallest absolute Gasteiger partial charge is 0.248 e. The number of aromatic nitrogens is 1. The van der Waals surface area contributed by atoms with E-state index in [1.165, 1.54) is 0 Å². The predicted molar refractivity (Wildman–Crippen MR) is 143 cm³/mol. The Kier molecular flexibility index (Phi) is 8.31. The van der Waals surface area contributed by atoms with E-state index in [2.05, 4.69) is 36.4 Å². The van der Waals surface area contributed by atoms with Crippen molar-refractivity contribution in [3.8, 4) is 0 Å². The highest BCUT2D eigenvalue weighted by Gasteiger charge is 2.40. The van der Waals surface area contributed by atoms with Gasteiger partial charge in [-0.25, -0.2) is 0 Å². The largest absolute Gasteiger partial charge is 0.381 e. The van der Waals surface area contributed by atoms with Crippen LogP contribution in [0.25, 0.3) is 0 Å². The highest BCUT2D eigenvalue weighted by molar-refractivity contribution is 6.04. The van der Waals surface area contributed by atoms with Crippen molar-refractivity contribution in [2.75, 3.05) is 31.3 Å². The Morgan fingerprint density at radius 3 is 2.41 bits per heavy atom. The van der Waals surface area contributed by atoms with Crippen LogP contribution >= 0.6 is 0 Å². The summed E-state index contributed by atoms with van der Waals surface area (Å²) >= 11 is 0. The molecule has 8 heteroatoms. The number of amides is 2. The number of carbonyl (C=O) groups excluding carboxylic acids is 2. The molecule has 4 rings (SSSR count). The van der Waals surface area contributed by atoms with E-state index in [1.807, 2.05) is 44.2 Å². The number of morpholine rings is 1. The van der Waals surface area contributed by atoms with Crippen molar-refractivity contribution < 1.29 is 19.1 Å². The van der Waals surface area contributed by atoms with E-state index in [1.54, 1.807) is 23.4 Å². The Hall–Kier alpha value is -2.81. The maximum atomic E-state index is 14.2. The first-order valence-electron chi connectivity index (χ1n) is 13.1. The van der Waals surface area contributed by atoms with Gasteiger partial charge in [0.05, 0.1) is 12.2 Å². The van der Waals surface area contributed by atoms with Crippen LogP contribution in [0.5, 0.6) is 0 Å². The predicted octanol–water partition coefficient (Wildman–Crippen LogP) is 3.52. The van der Waals surface area contributed by atoms with Gasteiger partial charge in [0.15, 0.2) is 0 Å². The molecule has 37 heavy (non-hydrogen) atoms. The third-order valence-electron chi connectivity index (χ3n) is 7.04. The summed E-state index contributed by atoms with van der Waals surface area (Å²) in [5.74, 6) is -0.444. The standard InChI is InChI=1S/C29H40N4O4/c1-28(2,3)21-8-10-23(11-9-21)33(27(35)24-18-37-29(4,5)19-31-24)25(20-7-6-14-30-17-20)26(34)32-22-12-15-36-16-13-22/h6-11,14,17,22,24-25,31H,12-13,15-16,18-19H2,1-5H3,(H,32,34). The molecule has 0 aliphatic carbocycles. The first kappa shape index (κ1) is 27.2. The molecule has 200 valence electrons. The molecule has 0 saturated carbocycles. The van der Waals surface area contributed by atoms with E-state index in [9.17, 15) is 9.59 Å². The molecule has 2 aromatic rings. The van der Waals surface area contributed by atoms with Gasteiger partial charge >= 0.3 is 0 Å². The van der Waals surface area contributed by atoms with Gasteiger partial charge in [0, 0.05) is 49.4 Å². The van der Waals surface area contributed by atoms with Crippen LogP contribution in [-0.4, -0.2) is 60.8 Å². The average Bonchev–Trinajstić information content (AvgIpc) is 2.87. The molecular weight excluding hydrogens is 468 g/mol. The van der Waals surface area contributed by atoms with Crippen LogP contribution in [0.15, 0.2) is 48.8 Å². The Morgan fingerprint density at radius 1 is 1.14 bits per heavy atom. The summed E-state index contributed by atoms with van der Waals surface area (Å²) in [5.41, 5.74) is 2.05. The summed E-state index contributed by atoms with van der Waals surface area (Å²) in [4.78, 5) is 34.0. The number of anilines is 1. The van der Waals surface area contributed by atoms with Gasteiger partial charge in [-0.3, -0.25) is 19.5 Å². The minimum Gasteiger partial charge on any atom is -0.381 e. The molecule has 2 aliphatic rings. The Balaban J connectivity index is 1.73. The molecule has 2 aliphatic heterocycles. The summed E-state index contributed by atoms with van der Waals surface area (Å²) in [6, 6.07) is 10.1. The molecule has 0 bridgehead atoms. The zero-order valence-corrected chi connectivity index (χ0v) is 22.6. The molecule has 2 unspecified atom stereocenters. The third-order valence-corrected chi connectivity index (χ3v) is 7.04. The average molecular weight is 509 g/mol. The molecule has 2 amide bonds. The van der Waals surface area contributed by atoms with Crippen LogP contribution in [0.1, 0.15) is 64.6 Å². The van der Waals surface area contributed by atoms with E-state index in [-0.39, 0.29) is 35.5 Å². The van der Waals surface area contributed by atoms with Crippen LogP contribution in [0, 0.1) is 0 Å². The summed E-state index contributed by atoms with van der Waals surface area (Å²) in [5, 5.41) is 6.52. The van der Waals surface area contributed by atoms with Gasteiger partial charge in [0.25, 0.3) is 0 Å². The number of benzene rings is 1. The molecule has 1 aromatic heterocycles. The summed E-state index contributed by atoms with van der Waals surface area (Å²) < 4.78 is 11.4. The molecule has 2 fully saturated rings. The van der Waals surface area contributed by atoms with Gasteiger partial charge in [0.2, 0.25) is 11.8 Å². The van der Waals surface area contributed by atoms with E-state index < -0.39 is 12.1 Å². The zero-order valence-electron chi connectivity index (χ0n) is 22.6. The Labute approximate surface area is 220 Å². The first-order valence-corrected chi connectivity index (χ1v) is 13.1. The zero-order chi connectivity index (χ0) is 26.6. The molecule has 3 heterocycles. The van der Waals surface area contributed by atoms with E-state index in [0.29, 0.717) is 31.0 Å². The lowest BCUT2D eigenvalue weighted by molar-refractivity contribution is -0.132. The van der Waals surface area contributed by atoms with Crippen molar-refractivity contribution in [3.05, 3.63) is 59.9 Å². The normalized spacial score (nSPS) is 21.2. The van der Waals surface area contributed by atoms with Gasteiger partial charge < -0.3 is 20.1 Å². The van der Waals surface area contributed by atoms with Gasteiger partial charge in [-0.05, 0) is 55.9 Å². The lowest BCUT2D eigenvalue weighted by Gasteiger charge is -2.39. The number of hydrogen-bond acceptors (Lipinski definition) is 6. The van der Waals surface area contributed by atoms with E-state index in [0.717, 1.165) is 18.4 Å². The molecule has 2 atom stereocenters. The minimum absolute atomic E-state index is 0.00224. The molecule has 2 N–H and O–H groups in total. The molecular formula is C29H40N4O4. The lowest BCUT2D eigenvalue weighted by atomic mass is 9.87. The van der Waals surface area contributed by atoms with Gasteiger partial charge in [-0.15, -0.1) is 0 Å². The minimum atomic E-state index is -0.888. The van der Waals surface area contributed by atoms with Crippen molar-refractivity contribution in [3.63, 3.8) is 0 Å². The fourth-order valence-corrected chi connectivity index (χ4v) is 4.72. The lowest BCUT2D eigenvalue weighted by Crippen LogP contribution is -2.59. The number of carbonyl (C=O) groups is 2. The molecule has 0 spiro atoms. The summed E-state index contributed by atoms with van der Waals surface area (Å²) in [6.07, 6.45) is 4.81. The van der Waals surface area contributed by atoms with E-state index >= 15 is 0 Å². The molecule has 2 saturated heterocycles. The number of rotatable bonds is 6. The number of nitrogens with zero attached hydrogens (tertiary/aromatic N) is 2. The third kappa shape index (κ3) is 6.74. The summed E-state index contributed by atoms with van der Waals surface area (Å²) in [6.45, 7) is 12.4. The maximum Gasteiger partial charge on any atom is 0.248 e. The second-order valence-electron chi connectivity index (χ2n) is 11.6. The highest BCUT2D eigenvalue weighted by atomic mass is 16.5. The van der Waals surface area contributed by atoms with Crippen molar-refractivity contribution in [1.29, 1.82) is 0 Å². The maximum absolute atomic E-state index is 14.2. The number of nitrogens with one attached hydrogen (secondary N) is 2. The molecule has 1 aromatic carbocycles.